The van der Waals surface area contributed by atoms with Crippen LogP contribution in [-0.4, -0.2) is 32.6 Å². The van der Waals surface area contributed by atoms with Crippen molar-refractivity contribution in [3.8, 4) is 11.6 Å². The Morgan fingerprint density at radius 2 is 2.10 bits per heavy atom. The van der Waals surface area contributed by atoms with E-state index in [1.54, 1.807) is 0 Å². The fraction of sp³-hybridized carbons (Fsp3) is 0.304. The van der Waals surface area contributed by atoms with Crippen molar-refractivity contribution in [3.63, 3.8) is 0 Å². The van der Waals surface area contributed by atoms with Gasteiger partial charge in [-0.15, -0.1) is 0 Å². The van der Waals surface area contributed by atoms with Gasteiger partial charge in [-0.25, -0.2) is 15.0 Å². The number of aliphatic imine (C=N–C) groups is 1. The van der Waals surface area contributed by atoms with E-state index < -0.39 is 0 Å². The van der Waals surface area contributed by atoms with Crippen molar-refractivity contribution in [1.82, 2.24) is 25.0 Å². The minimum absolute atomic E-state index is 0.142. The Labute approximate surface area is 180 Å². The lowest BCUT2D eigenvalue weighted by atomic mass is 10.1. The monoisotopic (exact) mass is 416 g/mol. The lowest BCUT2D eigenvalue weighted by Gasteiger charge is -2.07. The third-order valence-electron chi connectivity index (χ3n) is 5.66. The number of hydrogen-bond donors (Lipinski definition) is 1. The highest BCUT2D eigenvalue weighted by Crippen LogP contribution is 2.48. The van der Waals surface area contributed by atoms with Crippen molar-refractivity contribution in [2.75, 3.05) is 7.05 Å². The smallest absolute Gasteiger partial charge is 0.222 e. The number of rotatable bonds is 6. The second-order valence-electron chi connectivity index (χ2n) is 8.16. The van der Waals surface area contributed by atoms with Gasteiger partial charge in [0.25, 0.3) is 0 Å². The second-order valence-corrected chi connectivity index (χ2v) is 8.16. The maximum Gasteiger partial charge on any atom is 0.222 e. The van der Waals surface area contributed by atoms with Crippen LogP contribution in [0.2, 0.25) is 0 Å². The maximum absolute atomic E-state index is 5.94. The van der Waals surface area contributed by atoms with Crippen molar-refractivity contribution >= 4 is 22.6 Å². The van der Waals surface area contributed by atoms with Gasteiger partial charge in [-0.3, -0.25) is 0 Å². The van der Waals surface area contributed by atoms with E-state index in [-0.39, 0.29) is 5.41 Å². The van der Waals surface area contributed by atoms with Gasteiger partial charge < -0.3 is 19.1 Å². The molecule has 0 unspecified atom stereocenters. The van der Waals surface area contributed by atoms with Gasteiger partial charge in [0.1, 0.15) is 23.7 Å². The van der Waals surface area contributed by atoms with Gasteiger partial charge in [-0.2, -0.15) is 0 Å². The summed E-state index contributed by atoms with van der Waals surface area (Å²) in [4.78, 5) is 13.1. The van der Waals surface area contributed by atoms with Crippen molar-refractivity contribution < 1.29 is 9.26 Å². The van der Waals surface area contributed by atoms with Crippen LogP contribution in [-0.2, 0) is 12.0 Å². The number of aromatic nitrogens is 4. The van der Waals surface area contributed by atoms with E-state index >= 15 is 0 Å². The highest BCUT2D eigenvalue weighted by Gasteiger charge is 2.42. The van der Waals surface area contributed by atoms with Crippen LogP contribution in [0, 0.1) is 0 Å². The molecule has 0 amide bonds. The molecule has 0 spiro atoms. The fourth-order valence-electron chi connectivity index (χ4n) is 3.55. The molecule has 5 rings (SSSR count). The summed E-state index contributed by atoms with van der Waals surface area (Å²) in [5.74, 6) is 3.57. The minimum atomic E-state index is 0.142. The number of benzene rings is 1. The van der Waals surface area contributed by atoms with Gasteiger partial charge in [0.05, 0.1) is 11.2 Å². The topological polar surface area (TPSA) is 90.4 Å². The quantitative estimate of drug-likeness (QED) is 0.365. The van der Waals surface area contributed by atoms with Crippen molar-refractivity contribution in [3.05, 3.63) is 60.4 Å². The van der Waals surface area contributed by atoms with E-state index in [9.17, 15) is 0 Å². The molecule has 31 heavy (non-hydrogen) atoms. The molecule has 8 heteroatoms. The number of hydrogen-bond acceptors (Lipinski definition) is 7. The second kappa shape index (κ2) is 7.63. The molecule has 0 radical (unpaired) electrons. The molecule has 1 saturated carbocycles. The number of ether oxygens (including phenoxy) is 1. The third kappa shape index (κ3) is 3.94. The summed E-state index contributed by atoms with van der Waals surface area (Å²) in [6.45, 7) is 4.81. The average molecular weight is 416 g/mol. The minimum Gasteiger partial charge on any atom is -0.439 e. The lowest BCUT2D eigenvalue weighted by molar-refractivity contribution is 0.361. The first-order chi connectivity index (χ1) is 15.0. The zero-order valence-corrected chi connectivity index (χ0v) is 17.8. The van der Waals surface area contributed by atoms with Crippen molar-refractivity contribution in [1.29, 1.82) is 0 Å². The average Bonchev–Trinajstić information content (AvgIpc) is 3.15. The molecule has 1 N–H and O–H groups in total. The predicted molar refractivity (Wildman–Crippen MR) is 118 cm³/mol. The molecule has 158 valence electrons. The van der Waals surface area contributed by atoms with Crippen LogP contribution in [0.25, 0.3) is 10.9 Å². The molecular formula is C23H24N6O2. The summed E-state index contributed by atoms with van der Waals surface area (Å²) in [6.07, 6.45) is 5.79. The Hall–Kier alpha value is -3.52. The molecule has 1 aromatic carbocycles. The summed E-state index contributed by atoms with van der Waals surface area (Å²) in [6, 6.07) is 11.7. The Morgan fingerprint density at radius 1 is 1.23 bits per heavy atom. The van der Waals surface area contributed by atoms with Gasteiger partial charge in [0, 0.05) is 35.7 Å². The first-order valence-electron chi connectivity index (χ1n) is 10.3. The van der Waals surface area contributed by atoms with Crippen LogP contribution in [0.5, 0.6) is 11.6 Å². The highest BCUT2D eigenvalue weighted by atomic mass is 16.5. The van der Waals surface area contributed by atoms with Crippen molar-refractivity contribution in [2.45, 2.75) is 38.6 Å². The van der Waals surface area contributed by atoms with Gasteiger partial charge in [-0.1, -0.05) is 12.1 Å². The van der Waals surface area contributed by atoms with Crippen LogP contribution in [0.1, 0.15) is 38.1 Å². The molecule has 1 aliphatic carbocycles. The molecule has 0 atom stereocenters. The molecule has 0 saturated heterocycles. The molecule has 1 fully saturated rings. The Bertz CT molecular complexity index is 1270. The van der Waals surface area contributed by atoms with E-state index in [4.69, 9.17) is 9.26 Å². The third-order valence-corrected chi connectivity index (χ3v) is 5.66. The number of fused-ring (bicyclic) bond motifs is 1. The molecule has 3 aromatic heterocycles. The van der Waals surface area contributed by atoms with Crippen LogP contribution < -0.4 is 10.1 Å². The molecule has 0 aliphatic heterocycles. The molecule has 3 heterocycles. The summed E-state index contributed by atoms with van der Waals surface area (Å²) >= 11 is 0. The summed E-state index contributed by atoms with van der Waals surface area (Å²) in [5.41, 5.74) is 2.05. The van der Waals surface area contributed by atoms with Gasteiger partial charge in [-0.05, 0) is 51.1 Å². The first-order valence-corrected chi connectivity index (χ1v) is 10.3. The zero-order valence-electron chi connectivity index (χ0n) is 17.8. The van der Waals surface area contributed by atoms with Crippen LogP contribution in [0.3, 0.4) is 0 Å². The Morgan fingerprint density at radius 3 is 2.90 bits per heavy atom. The predicted octanol–water partition coefficient (Wildman–Crippen LogP) is 4.58. The first kappa shape index (κ1) is 19.4. The number of nitrogens with zero attached hydrogens (tertiary/aromatic N) is 5. The van der Waals surface area contributed by atoms with Crippen LogP contribution in [0.4, 0.5) is 5.82 Å². The van der Waals surface area contributed by atoms with E-state index in [1.807, 2.05) is 61.1 Å². The summed E-state index contributed by atoms with van der Waals surface area (Å²) in [5, 5.41) is 8.24. The molecule has 4 aromatic rings. The van der Waals surface area contributed by atoms with Gasteiger partial charge in [0.2, 0.25) is 5.88 Å². The Balaban J connectivity index is 1.37. The van der Waals surface area contributed by atoms with E-state index in [1.165, 1.54) is 6.33 Å². The SMILES string of the molecule is CNCc1cc(Oc2ccc3c(ccn3C(C)=Nc3cc(C4(C)CC4)on3)c2)ncn1. The van der Waals surface area contributed by atoms with Crippen LogP contribution >= 0.6 is 0 Å². The van der Waals surface area contributed by atoms with E-state index in [0.29, 0.717) is 24.0 Å². The lowest BCUT2D eigenvalue weighted by Crippen LogP contribution is -2.07. The maximum atomic E-state index is 5.94. The van der Waals surface area contributed by atoms with Gasteiger partial charge in [0.15, 0.2) is 5.82 Å². The standard InChI is InChI=1S/C23H24N6O2/c1-15(27-21-12-20(31-28-21)23(2)7-8-23)29-9-6-16-10-18(4-5-19(16)29)30-22-11-17(13-24-3)25-14-26-22/h4-6,9-12,14,24H,7-8,13H2,1-3H3. The normalized spacial score (nSPS) is 15.4. The molecular weight excluding hydrogens is 392 g/mol. The molecule has 0 bridgehead atoms. The molecule has 1 aliphatic rings. The fourth-order valence-corrected chi connectivity index (χ4v) is 3.55. The molecule has 8 nitrogen and oxygen atoms in total. The van der Waals surface area contributed by atoms with E-state index in [0.717, 1.165) is 41.0 Å². The summed E-state index contributed by atoms with van der Waals surface area (Å²) in [7, 11) is 1.88. The van der Waals surface area contributed by atoms with E-state index in [2.05, 4.69) is 32.4 Å². The Kier molecular flexibility index (Phi) is 4.78. The van der Waals surface area contributed by atoms with Crippen molar-refractivity contribution in [2.24, 2.45) is 4.99 Å². The largest absolute Gasteiger partial charge is 0.439 e. The number of nitrogens with one attached hydrogen (secondary N) is 1. The zero-order chi connectivity index (χ0) is 21.4. The van der Waals surface area contributed by atoms with Crippen LogP contribution in [0.15, 0.2) is 58.4 Å². The summed E-state index contributed by atoms with van der Waals surface area (Å²) < 4.78 is 13.5. The highest BCUT2D eigenvalue weighted by molar-refractivity contribution is 5.95. The van der Waals surface area contributed by atoms with Gasteiger partial charge >= 0.3 is 0 Å².